The Morgan fingerprint density at radius 2 is 1.75 bits per heavy atom. The van der Waals surface area contributed by atoms with Gasteiger partial charge in [0, 0.05) is 108 Å². The van der Waals surface area contributed by atoms with Gasteiger partial charge < -0.3 is 46.0 Å². The molecule has 0 spiro atoms. The lowest BCUT2D eigenvalue weighted by Gasteiger charge is -2.34. The minimum atomic E-state index is -0.687. The van der Waals surface area contributed by atoms with E-state index in [1.165, 1.54) is 11.8 Å². The molecule has 1 fully saturated rings. The van der Waals surface area contributed by atoms with Crippen molar-refractivity contribution in [2.45, 2.75) is 84.3 Å². The number of anilines is 2. The van der Waals surface area contributed by atoms with Crippen LogP contribution in [0.3, 0.4) is 0 Å². The summed E-state index contributed by atoms with van der Waals surface area (Å²) in [7, 11) is 5.26. The lowest BCUT2D eigenvalue weighted by molar-refractivity contribution is -0.125. The lowest BCUT2D eigenvalue weighted by Crippen LogP contribution is -2.46. The number of aromatic nitrogens is 1. The molecule has 0 aliphatic carbocycles. The van der Waals surface area contributed by atoms with Crippen LogP contribution in [0, 0.1) is 30.1 Å². The summed E-state index contributed by atoms with van der Waals surface area (Å²) in [6, 6.07) is 14.9. The van der Waals surface area contributed by atoms with Crippen LogP contribution in [-0.4, -0.2) is 123 Å². The number of hydrogen-bond donors (Lipinski definition) is 5. The van der Waals surface area contributed by atoms with Gasteiger partial charge in [0.1, 0.15) is 18.6 Å². The van der Waals surface area contributed by atoms with Crippen LogP contribution < -0.4 is 21.3 Å². The molecule has 0 radical (unpaired) electrons. The van der Waals surface area contributed by atoms with Crippen molar-refractivity contribution in [2.24, 2.45) is 5.92 Å². The van der Waals surface area contributed by atoms with Crippen LogP contribution in [0.1, 0.15) is 107 Å². The maximum absolute atomic E-state index is 13.2. The number of likely N-dealkylation sites (N-methyl/N-ethyl adjacent to an activating group) is 1. The van der Waals surface area contributed by atoms with E-state index in [0.29, 0.717) is 59.5 Å². The van der Waals surface area contributed by atoms with Gasteiger partial charge in [0.25, 0.3) is 5.91 Å². The first kappa shape index (κ1) is 49.0. The minimum Gasteiger partial charge on any atom is -0.479 e. The quantitative estimate of drug-likeness (QED) is 0.0219. The van der Waals surface area contributed by atoms with Crippen molar-refractivity contribution in [3.63, 3.8) is 0 Å². The fraction of sp³-hybridized carbons (Fsp3) is 0.480. The molecule has 1 aromatic heterocycles. The molecule has 0 bridgehead atoms. The molecular weight excluding hydrogens is 807 g/mol. The number of nitrogens with one attached hydrogen (secondary N) is 5. The predicted octanol–water partition coefficient (Wildman–Crippen LogP) is 6.11. The van der Waals surface area contributed by atoms with E-state index in [-0.39, 0.29) is 18.2 Å². The summed E-state index contributed by atoms with van der Waals surface area (Å²) in [6.45, 7) is 11.9. The smallest absolute Gasteiger partial charge is 0.255 e. The van der Waals surface area contributed by atoms with Gasteiger partial charge >= 0.3 is 0 Å². The van der Waals surface area contributed by atoms with Gasteiger partial charge in [-0.05, 0) is 99.0 Å². The fourth-order valence-corrected chi connectivity index (χ4v) is 8.34. The van der Waals surface area contributed by atoms with Crippen LogP contribution in [0.15, 0.2) is 54.4 Å². The van der Waals surface area contributed by atoms with Gasteiger partial charge in [0.2, 0.25) is 5.91 Å². The van der Waals surface area contributed by atoms with Crippen LogP contribution in [-0.2, 0) is 27.4 Å². The Morgan fingerprint density at radius 3 is 2.47 bits per heavy atom. The van der Waals surface area contributed by atoms with Gasteiger partial charge in [-0.1, -0.05) is 37.3 Å². The fourth-order valence-electron chi connectivity index (χ4n) is 8.34. The molecule has 2 aliphatic heterocycles. The highest BCUT2D eigenvalue weighted by Crippen LogP contribution is 2.29. The van der Waals surface area contributed by atoms with Crippen LogP contribution in [0.5, 0.6) is 0 Å². The molecule has 3 heterocycles. The van der Waals surface area contributed by atoms with E-state index in [2.05, 4.69) is 73.0 Å². The van der Waals surface area contributed by atoms with Gasteiger partial charge in [-0.3, -0.25) is 24.3 Å². The van der Waals surface area contributed by atoms with Gasteiger partial charge in [-0.2, -0.15) is 0 Å². The topological polar surface area (TPSA) is 172 Å². The average molecular weight is 874 g/mol. The maximum atomic E-state index is 13.2. The highest BCUT2D eigenvalue weighted by Gasteiger charge is 2.36. The highest BCUT2D eigenvalue weighted by atomic mass is 16.5. The molecule has 0 saturated carbocycles. The van der Waals surface area contributed by atoms with Crippen LogP contribution in [0.4, 0.5) is 11.4 Å². The molecular formula is C50H67N9O5. The molecule has 14 heteroatoms. The number of amides is 2. The second-order valence-corrected chi connectivity index (χ2v) is 16.7. The number of pyridine rings is 1. The molecule has 64 heavy (non-hydrogen) atoms. The molecule has 1 saturated heterocycles. The Kier molecular flexibility index (Phi) is 19.4. The highest BCUT2D eigenvalue weighted by molar-refractivity contribution is 6.08. The third-order valence-corrected chi connectivity index (χ3v) is 11.9. The minimum absolute atomic E-state index is 0.190. The zero-order valence-corrected chi connectivity index (χ0v) is 38.4. The molecule has 3 aromatic rings. The summed E-state index contributed by atoms with van der Waals surface area (Å²) in [5.74, 6) is 7.03. The molecule has 342 valence electrons. The number of allylic oxidation sites excluding steroid dienone is 1. The lowest BCUT2D eigenvalue weighted by atomic mass is 10.0. The third-order valence-electron chi connectivity index (χ3n) is 11.9. The van der Waals surface area contributed by atoms with Crippen molar-refractivity contribution in [1.82, 2.24) is 30.3 Å². The average Bonchev–Trinajstić information content (AvgIpc) is 3.65. The Labute approximate surface area is 379 Å². The molecule has 5 rings (SSSR count). The maximum Gasteiger partial charge on any atom is 0.255 e. The number of nitrogens with zero attached hydrogens (tertiary/aromatic N) is 4. The van der Waals surface area contributed by atoms with E-state index in [0.717, 1.165) is 119 Å². The number of rotatable bonds is 25. The van der Waals surface area contributed by atoms with Gasteiger partial charge in [-0.15, -0.1) is 0 Å². The first-order valence-electron chi connectivity index (χ1n) is 22.7. The standard InChI is InChI=1S/C50H67N9O5/c1-36(14-13-27-64-49(54-5)42(31-51)45-30-39(35-61)28-37(2)56-45)32-55-46-29-38(19-20-44(46)52-3)33-58-24-22-57(23-25-58)21-10-8-6-7-9-15-40-16-11-17-41-43(40)34-59(50(41)63)47(18-12-26-60)48(62)53-4/h11,16-17,19-20,26,28-31,35-36,47,51-52,54-55H,6-8,10,12-14,18,21-25,27,32-34H2,1-5H3,(H,53,62)/b49-42-,51-31?/t36-,47?/m1/s1. The number of hydrogen-bond acceptors (Lipinski definition) is 12. The summed E-state index contributed by atoms with van der Waals surface area (Å²) in [6.07, 6.45) is 9.13. The van der Waals surface area contributed by atoms with E-state index in [9.17, 15) is 19.2 Å². The number of aryl methyl sites for hydroxylation is 1. The molecule has 2 aromatic carbocycles. The Balaban J connectivity index is 0.995. The largest absolute Gasteiger partial charge is 0.479 e. The van der Waals surface area contributed by atoms with Gasteiger partial charge in [0.05, 0.1) is 29.2 Å². The normalized spacial score (nSPS) is 15.2. The number of ether oxygens (including phenoxy) is 1. The zero-order chi connectivity index (χ0) is 45.8. The number of aldehydes is 2. The van der Waals surface area contributed by atoms with E-state index >= 15 is 0 Å². The SMILES string of the molecule is CNC(=O)C(CCC=O)N1Cc2c(C#CCCCCCN3CCN(Cc4ccc(NC)c(NC[C@H](C)CCCO/C(NC)=C(/C=N)c5cc(C=O)cc(C)n5)c4)CC3)cccc2C1=O. The summed E-state index contributed by atoms with van der Waals surface area (Å²) in [5.41, 5.74) is 7.99. The van der Waals surface area contributed by atoms with Crippen LogP contribution in [0.25, 0.3) is 5.57 Å². The second-order valence-electron chi connectivity index (χ2n) is 16.7. The van der Waals surface area contributed by atoms with Crippen molar-refractivity contribution < 1.29 is 23.9 Å². The van der Waals surface area contributed by atoms with Crippen molar-refractivity contribution in [2.75, 3.05) is 77.7 Å². The molecule has 1 unspecified atom stereocenters. The summed E-state index contributed by atoms with van der Waals surface area (Å²) < 4.78 is 6.06. The Morgan fingerprint density at radius 1 is 0.953 bits per heavy atom. The number of fused-ring (bicyclic) bond motifs is 1. The molecule has 2 atom stereocenters. The van der Waals surface area contributed by atoms with Crippen LogP contribution >= 0.6 is 0 Å². The summed E-state index contributed by atoms with van der Waals surface area (Å²) in [4.78, 5) is 59.3. The summed E-state index contributed by atoms with van der Waals surface area (Å²) >= 11 is 0. The van der Waals surface area contributed by atoms with E-state index in [1.54, 1.807) is 37.2 Å². The number of carbonyl (C=O) groups is 4. The van der Waals surface area contributed by atoms with Crippen molar-refractivity contribution in [3.8, 4) is 11.8 Å². The van der Waals surface area contributed by atoms with E-state index in [1.807, 2.05) is 26.1 Å². The number of carbonyl (C=O) groups excluding carboxylic acids is 4. The summed E-state index contributed by atoms with van der Waals surface area (Å²) in [5, 5.41) is 20.7. The predicted molar refractivity (Wildman–Crippen MR) is 254 cm³/mol. The van der Waals surface area contributed by atoms with Crippen molar-refractivity contribution in [3.05, 3.63) is 93.6 Å². The molecule has 2 amide bonds. The monoisotopic (exact) mass is 874 g/mol. The van der Waals surface area contributed by atoms with Gasteiger partial charge in [0.15, 0.2) is 5.88 Å². The van der Waals surface area contributed by atoms with Crippen molar-refractivity contribution in [1.29, 1.82) is 5.41 Å². The molecule has 14 nitrogen and oxygen atoms in total. The van der Waals surface area contributed by atoms with E-state index in [4.69, 9.17) is 10.1 Å². The molecule has 5 N–H and O–H groups in total. The zero-order valence-electron chi connectivity index (χ0n) is 38.4. The first-order chi connectivity index (χ1) is 31.1. The van der Waals surface area contributed by atoms with Gasteiger partial charge in [-0.25, -0.2) is 0 Å². The number of benzene rings is 2. The number of piperazine rings is 1. The number of unbranched alkanes of at least 4 members (excludes halogenated alkanes) is 3. The first-order valence-corrected chi connectivity index (χ1v) is 22.7. The third kappa shape index (κ3) is 13.7. The van der Waals surface area contributed by atoms with Crippen LogP contribution in [0.2, 0.25) is 0 Å². The van der Waals surface area contributed by atoms with E-state index < -0.39 is 6.04 Å². The van der Waals surface area contributed by atoms with Crippen molar-refractivity contribution >= 4 is 47.5 Å². The molecule has 2 aliphatic rings. The second kappa shape index (κ2) is 25.3. The Bertz CT molecular complexity index is 2170. The Hall–Kier alpha value is -6.04.